The molecule has 2 rings (SSSR count). The van der Waals surface area contributed by atoms with Crippen LogP contribution in [0.3, 0.4) is 0 Å². The van der Waals surface area contributed by atoms with Gasteiger partial charge in [-0.25, -0.2) is 4.39 Å². The molecule has 0 fully saturated rings. The quantitative estimate of drug-likeness (QED) is 0.895. The van der Waals surface area contributed by atoms with E-state index in [1.54, 1.807) is 19.2 Å². The molecule has 0 spiro atoms. The first kappa shape index (κ1) is 13.7. The van der Waals surface area contributed by atoms with Gasteiger partial charge in [0.25, 0.3) is 0 Å². The zero-order valence-electron chi connectivity index (χ0n) is 10.8. The smallest absolute Gasteiger partial charge is 0.123 e. The minimum absolute atomic E-state index is 0.300. The molecule has 0 heterocycles. The molecule has 0 saturated heterocycles. The maximum absolute atomic E-state index is 12.8. The number of aliphatic hydroxyl groups excluding tert-OH is 1. The predicted octanol–water partition coefficient (Wildman–Crippen LogP) is 3.10. The molecule has 1 N–H and O–H groups in total. The van der Waals surface area contributed by atoms with Crippen LogP contribution in [0.4, 0.5) is 4.39 Å². The predicted molar refractivity (Wildman–Crippen MR) is 72.5 cm³/mol. The normalized spacial score (nSPS) is 12.4. The topological polar surface area (TPSA) is 29.5 Å². The zero-order valence-corrected chi connectivity index (χ0v) is 10.8. The molecule has 19 heavy (non-hydrogen) atoms. The van der Waals surface area contributed by atoms with E-state index in [1.165, 1.54) is 12.1 Å². The SMILES string of the molecule is COCCc1ccc(C(O)c2ccc(F)cc2)cc1. The Morgan fingerprint density at radius 2 is 1.53 bits per heavy atom. The van der Waals surface area contributed by atoms with Gasteiger partial charge in [-0.05, 0) is 35.2 Å². The molecular formula is C16H17FO2. The summed E-state index contributed by atoms with van der Waals surface area (Å²) in [4.78, 5) is 0. The summed E-state index contributed by atoms with van der Waals surface area (Å²) in [5.74, 6) is -0.300. The van der Waals surface area contributed by atoms with Crippen LogP contribution in [0.2, 0.25) is 0 Å². The Kier molecular flexibility index (Phi) is 4.66. The van der Waals surface area contributed by atoms with Crippen LogP contribution in [0.1, 0.15) is 22.8 Å². The standard InChI is InChI=1S/C16H17FO2/c1-19-11-10-12-2-4-13(5-3-12)16(18)14-6-8-15(17)9-7-14/h2-9,16,18H,10-11H2,1H3. The van der Waals surface area contributed by atoms with E-state index in [0.29, 0.717) is 12.2 Å². The van der Waals surface area contributed by atoms with Crippen LogP contribution in [-0.2, 0) is 11.2 Å². The third-order valence-electron chi connectivity index (χ3n) is 3.08. The molecule has 0 aliphatic carbocycles. The fourth-order valence-corrected chi connectivity index (χ4v) is 1.92. The van der Waals surface area contributed by atoms with Crippen molar-refractivity contribution in [3.63, 3.8) is 0 Å². The van der Waals surface area contributed by atoms with Gasteiger partial charge in [0.05, 0.1) is 6.61 Å². The van der Waals surface area contributed by atoms with E-state index in [9.17, 15) is 9.50 Å². The zero-order chi connectivity index (χ0) is 13.7. The Bertz CT molecular complexity index is 505. The van der Waals surface area contributed by atoms with E-state index in [-0.39, 0.29) is 5.82 Å². The van der Waals surface area contributed by atoms with Crippen molar-refractivity contribution in [2.75, 3.05) is 13.7 Å². The van der Waals surface area contributed by atoms with Crippen molar-refractivity contribution < 1.29 is 14.2 Å². The number of ether oxygens (including phenoxy) is 1. The van der Waals surface area contributed by atoms with Gasteiger partial charge in [0.1, 0.15) is 11.9 Å². The summed E-state index contributed by atoms with van der Waals surface area (Å²) >= 11 is 0. The number of rotatable bonds is 5. The molecular weight excluding hydrogens is 243 g/mol. The molecule has 1 atom stereocenters. The maximum Gasteiger partial charge on any atom is 0.123 e. The molecule has 100 valence electrons. The molecule has 2 aromatic rings. The van der Waals surface area contributed by atoms with E-state index < -0.39 is 6.10 Å². The molecule has 0 aromatic heterocycles. The monoisotopic (exact) mass is 260 g/mol. The summed E-state index contributed by atoms with van der Waals surface area (Å²) in [6.45, 7) is 0.680. The second-order valence-electron chi connectivity index (χ2n) is 4.44. The first-order valence-corrected chi connectivity index (χ1v) is 6.22. The molecule has 0 bridgehead atoms. The average molecular weight is 260 g/mol. The highest BCUT2D eigenvalue weighted by atomic mass is 19.1. The lowest BCUT2D eigenvalue weighted by molar-refractivity contribution is 0.202. The molecule has 2 aromatic carbocycles. The Morgan fingerprint density at radius 1 is 1.00 bits per heavy atom. The first-order chi connectivity index (χ1) is 9.20. The molecule has 1 unspecified atom stereocenters. The third kappa shape index (κ3) is 3.63. The highest BCUT2D eigenvalue weighted by molar-refractivity contribution is 5.32. The number of hydrogen-bond donors (Lipinski definition) is 1. The van der Waals surface area contributed by atoms with Crippen LogP contribution in [0.15, 0.2) is 48.5 Å². The van der Waals surface area contributed by atoms with Gasteiger partial charge in [-0.3, -0.25) is 0 Å². The van der Waals surface area contributed by atoms with E-state index in [1.807, 2.05) is 24.3 Å². The van der Waals surface area contributed by atoms with Crippen LogP contribution in [0.5, 0.6) is 0 Å². The van der Waals surface area contributed by atoms with Crippen molar-refractivity contribution in [1.82, 2.24) is 0 Å². The van der Waals surface area contributed by atoms with Crippen molar-refractivity contribution in [2.24, 2.45) is 0 Å². The highest BCUT2D eigenvalue weighted by Crippen LogP contribution is 2.22. The Morgan fingerprint density at radius 3 is 2.05 bits per heavy atom. The highest BCUT2D eigenvalue weighted by Gasteiger charge is 2.10. The lowest BCUT2D eigenvalue weighted by Crippen LogP contribution is -2.00. The lowest BCUT2D eigenvalue weighted by Gasteiger charge is -2.12. The Hall–Kier alpha value is -1.71. The van der Waals surface area contributed by atoms with Crippen LogP contribution >= 0.6 is 0 Å². The van der Waals surface area contributed by atoms with Crippen molar-refractivity contribution in [1.29, 1.82) is 0 Å². The number of aliphatic hydroxyl groups is 1. The fourth-order valence-electron chi connectivity index (χ4n) is 1.92. The van der Waals surface area contributed by atoms with Crippen molar-refractivity contribution in [3.05, 3.63) is 71.0 Å². The van der Waals surface area contributed by atoms with Crippen LogP contribution in [0.25, 0.3) is 0 Å². The van der Waals surface area contributed by atoms with Gasteiger partial charge in [-0.15, -0.1) is 0 Å². The van der Waals surface area contributed by atoms with Gasteiger partial charge in [0, 0.05) is 7.11 Å². The summed E-state index contributed by atoms with van der Waals surface area (Å²) in [5.41, 5.74) is 2.65. The number of halogens is 1. The molecule has 2 nitrogen and oxygen atoms in total. The van der Waals surface area contributed by atoms with Crippen molar-refractivity contribution in [2.45, 2.75) is 12.5 Å². The molecule has 0 aliphatic heterocycles. The summed E-state index contributed by atoms with van der Waals surface area (Å²) in [6, 6.07) is 13.6. The molecule has 0 saturated carbocycles. The molecule has 3 heteroatoms. The van der Waals surface area contributed by atoms with E-state index in [4.69, 9.17) is 4.74 Å². The van der Waals surface area contributed by atoms with Crippen LogP contribution < -0.4 is 0 Å². The van der Waals surface area contributed by atoms with E-state index >= 15 is 0 Å². The number of hydrogen-bond acceptors (Lipinski definition) is 2. The van der Waals surface area contributed by atoms with Gasteiger partial charge in [0.15, 0.2) is 0 Å². The average Bonchev–Trinajstić information content (AvgIpc) is 2.46. The maximum atomic E-state index is 12.8. The van der Waals surface area contributed by atoms with Gasteiger partial charge in [0.2, 0.25) is 0 Å². The minimum atomic E-state index is -0.725. The van der Waals surface area contributed by atoms with Gasteiger partial charge in [-0.1, -0.05) is 36.4 Å². The summed E-state index contributed by atoms with van der Waals surface area (Å²) in [5, 5.41) is 10.2. The van der Waals surface area contributed by atoms with E-state index in [2.05, 4.69) is 0 Å². The van der Waals surface area contributed by atoms with Crippen LogP contribution in [-0.4, -0.2) is 18.8 Å². The van der Waals surface area contributed by atoms with Gasteiger partial charge < -0.3 is 9.84 Å². The largest absolute Gasteiger partial charge is 0.384 e. The van der Waals surface area contributed by atoms with Crippen molar-refractivity contribution >= 4 is 0 Å². The van der Waals surface area contributed by atoms with E-state index in [0.717, 1.165) is 17.5 Å². The van der Waals surface area contributed by atoms with Gasteiger partial charge in [-0.2, -0.15) is 0 Å². The molecule has 0 radical (unpaired) electrons. The first-order valence-electron chi connectivity index (χ1n) is 6.22. The second-order valence-corrected chi connectivity index (χ2v) is 4.44. The third-order valence-corrected chi connectivity index (χ3v) is 3.08. The second kappa shape index (κ2) is 6.45. The fraction of sp³-hybridized carbons (Fsp3) is 0.250. The Balaban J connectivity index is 2.10. The molecule has 0 amide bonds. The van der Waals surface area contributed by atoms with Crippen molar-refractivity contribution in [3.8, 4) is 0 Å². The molecule has 0 aliphatic rings. The number of benzene rings is 2. The summed E-state index contributed by atoms with van der Waals surface area (Å²) in [7, 11) is 1.67. The van der Waals surface area contributed by atoms with Crippen LogP contribution in [0, 0.1) is 5.82 Å². The number of methoxy groups -OCH3 is 1. The van der Waals surface area contributed by atoms with Gasteiger partial charge >= 0.3 is 0 Å². The summed E-state index contributed by atoms with van der Waals surface area (Å²) in [6.07, 6.45) is 0.126. The minimum Gasteiger partial charge on any atom is -0.384 e. The summed E-state index contributed by atoms with van der Waals surface area (Å²) < 4.78 is 17.8. The Labute approximate surface area is 112 Å². The lowest BCUT2D eigenvalue weighted by atomic mass is 10.00.